The molecular formula is C9H11BO. The SMILES string of the molecule is [B]c1ccc(OC)c(CC)c1. The number of methoxy groups -OCH3 is 1. The van der Waals surface area contributed by atoms with E-state index in [1.54, 1.807) is 7.11 Å². The van der Waals surface area contributed by atoms with Crippen LogP contribution in [-0.2, 0) is 6.42 Å². The van der Waals surface area contributed by atoms with Crippen molar-refractivity contribution in [2.75, 3.05) is 7.11 Å². The van der Waals surface area contributed by atoms with Gasteiger partial charge in [-0.25, -0.2) is 0 Å². The van der Waals surface area contributed by atoms with Crippen molar-refractivity contribution in [2.45, 2.75) is 13.3 Å². The minimum absolute atomic E-state index is 0.794. The standard InChI is InChI=1S/C9H11BO/c1-3-7-6-8(10)4-5-9(7)11-2/h4-6H,3H2,1-2H3. The lowest BCUT2D eigenvalue weighted by Crippen LogP contribution is -2.03. The van der Waals surface area contributed by atoms with E-state index in [2.05, 4.69) is 6.92 Å². The second kappa shape index (κ2) is 3.47. The Balaban J connectivity index is 3.06. The van der Waals surface area contributed by atoms with E-state index in [0.29, 0.717) is 0 Å². The molecule has 0 amide bonds. The minimum atomic E-state index is 0.794. The molecule has 0 aliphatic rings. The fourth-order valence-corrected chi connectivity index (χ4v) is 1.07. The summed E-state index contributed by atoms with van der Waals surface area (Å²) in [6.45, 7) is 2.08. The van der Waals surface area contributed by atoms with E-state index in [0.717, 1.165) is 23.2 Å². The van der Waals surface area contributed by atoms with Gasteiger partial charge in [0.2, 0.25) is 0 Å². The van der Waals surface area contributed by atoms with E-state index in [-0.39, 0.29) is 0 Å². The summed E-state index contributed by atoms with van der Waals surface area (Å²) in [6.07, 6.45) is 0.953. The van der Waals surface area contributed by atoms with Gasteiger partial charge in [0, 0.05) is 0 Å². The Labute approximate surface area is 68.8 Å². The quantitative estimate of drug-likeness (QED) is 0.566. The molecule has 1 nitrogen and oxygen atoms in total. The Morgan fingerprint density at radius 1 is 1.45 bits per heavy atom. The average Bonchev–Trinajstić information content (AvgIpc) is 2.04. The van der Waals surface area contributed by atoms with Gasteiger partial charge in [0.1, 0.15) is 13.6 Å². The van der Waals surface area contributed by atoms with E-state index in [1.807, 2.05) is 18.2 Å². The fourth-order valence-electron chi connectivity index (χ4n) is 1.07. The van der Waals surface area contributed by atoms with Crippen LogP contribution in [0.4, 0.5) is 0 Å². The molecule has 2 radical (unpaired) electrons. The molecule has 11 heavy (non-hydrogen) atoms. The summed E-state index contributed by atoms with van der Waals surface area (Å²) in [4.78, 5) is 0. The molecule has 0 N–H and O–H groups in total. The fraction of sp³-hybridized carbons (Fsp3) is 0.333. The third kappa shape index (κ3) is 1.76. The van der Waals surface area contributed by atoms with Crippen LogP contribution < -0.4 is 10.2 Å². The molecule has 0 saturated carbocycles. The van der Waals surface area contributed by atoms with Gasteiger partial charge in [-0.2, -0.15) is 0 Å². The van der Waals surface area contributed by atoms with Crippen LogP contribution >= 0.6 is 0 Å². The summed E-state index contributed by atoms with van der Waals surface area (Å²) >= 11 is 0. The first-order valence-electron chi connectivity index (χ1n) is 3.70. The van der Waals surface area contributed by atoms with Crippen molar-refractivity contribution >= 4 is 13.3 Å². The van der Waals surface area contributed by atoms with Crippen LogP contribution in [0.15, 0.2) is 18.2 Å². The van der Waals surface area contributed by atoms with Crippen LogP contribution in [0, 0.1) is 0 Å². The molecule has 1 rings (SSSR count). The zero-order valence-electron chi connectivity index (χ0n) is 6.92. The van der Waals surface area contributed by atoms with Gasteiger partial charge in [0.15, 0.2) is 0 Å². The normalized spacial score (nSPS) is 9.64. The molecule has 0 atom stereocenters. The molecule has 0 bridgehead atoms. The smallest absolute Gasteiger partial charge is 0.121 e. The zero-order chi connectivity index (χ0) is 8.27. The molecule has 56 valence electrons. The van der Waals surface area contributed by atoms with Gasteiger partial charge in [-0.15, -0.1) is 0 Å². The monoisotopic (exact) mass is 146 g/mol. The summed E-state index contributed by atoms with van der Waals surface area (Å²) in [5.41, 5.74) is 1.95. The van der Waals surface area contributed by atoms with Crippen molar-refractivity contribution in [3.63, 3.8) is 0 Å². The number of hydrogen-bond donors (Lipinski definition) is 0. The first kappa shape index (κ1) is 8.18. The summed E-state index contributed by atoms with van der Waals surface area (Å²) in [7, 11) is 7.27. The van der Waals surface area contributed by atoms with Gasteiger partial charge in [0.05, 0.1) is 7.11 Å². The lowest BCUT2D eigenvalue weighted by molar-refractivity contribution is 0.410. The van der Waals surface area contributed by atoms with Crippen molar-refractivity contribution in [3.05, 3.63) is 23.8 Å². The molecule has 0 fully saturated rings. The van der Waals surface area contributed by atoms with Crippen molar-refractivity contribution in [1.29, 1.82) is 0 Å². The van der Waals surface area contributed by atoms with Gasteiger partial charge >= 0.3 is 0 Å². The van der Waals surface area contributed by atoms with Crippen molar-refractivity contribution in [1.82, 2.24) is 0 Å². The summed E-state index contributed by atoms with van der Waals surface area (Å²) in [6, 6.07) is 5.69. The first-order chi connectivity index (χ1) is 5.27. The number of ether oxygens (including phenoxy) is 1. The predicted octanol–water partition coefficient (Wildman–Crippen LogP) is 1.05. The highest BCUT2D eigenvalue weighted by atomic mass is 16.5. The maximum atomic E-state index is 5.60. The molecule has 0 aromatic heterocycles. The van der Waals surface area contributed by atoms with Crippen LogP contribution in [0.2, 0.25) is 0 Å². The first-order valence-corrected chi connectivity index (χ1v) is 3.70. The van der Waals surface area contributed by atoms with Gasteiger partial charge in [-0.1, -0.05) is 24.5 Å². The molecular weight excluding hydrogens is 135 g/mol. The van der Waals surface area contributed by atoms with Gasteiger partial charge in [0.25, 0.3) is 0 Å². The molecule has 0 saturated heterocycles. The summed E-state index contributed by atoms with van der Waals surface area (Å²) in [5, 5.41) is 0. The van der Waals surface area contributed by atoms with Crippen LogP contribution in [0.1, 0.15) is 12.5 Å². The van der Waals surface area contributed by atoms with Crippen molar-refractivity contribution in [3.8, 4) is 5.75 Å². The van der Waals surface area contributed by atoms with Gasteiger partial charge < -0.3 is 4.74 Å². The Morgan fingerprint density at radius 2 is 2.18 bits per heavy atom. The van der Waals surface area contributed by atoms with E-state index in [1.165, 1.54) is 0 Å². The van der Waals surface area contributed by atoms with E-state index >= 15 is 0 Å². The molecule has 0 aliphatic carbocycles. The molecule has 2 heteroatoms. The summed E-state index contributed by atoms with van der Waals surface area (Å²) in [5.74, 6) is 0.918. The van der Waals surface area contributed by atoms with Gasteiger partial charge in [-0.3, -0.25) is 0 Å². The highest BCUT2D eigenvalue weighted by molar-refractivity contribution is 6.32. The molecule has 0 heterocycles. The molecule has 0 unspecified atom stereocenters. The topological polar surface area (TPSA) is 9.23 Å². The Kier molecular flexibility index (Phi) is 2.58. The number of rotatable bonds is 2. The largest absolute Gasteiger partial charge is 0.496 e. The number of hydrogen-bond acceptors (Lipinski definition) is 1. The lowest BCUT2D eigenvalue weighted by Gasteiger charge is -2.06. The number of benzene rings is 1. The zero-order valence-corrected chi connectivity index (χ0v) is 6.92. The third-order valence-corrected chi connectivity index (χ3v) is 1.69. The van der Waals surface area contributed by atoms with Crippen LogP contribution in [0.3, 0.4) is 0 Å². The van der Waals surface area contributed by atoms with Gasteiger partial charge in [-0.05, 0) is 18.1 Å². The van der Waals surface area contributed by atoms with Crippen LogP contribution in [-0.4, -0.2) is 15.0 Å². The second-order valence-electron chi connectivity index (χ2n) is 2.42. The van der Waals surface area contributed by atoms with E-state index < -0.39 is 0 Å². The predicted molar refractivity (Wildman–Crippen MR) is 47.8 cm³/mol. The van der Waals surface area contributed by atoms with Crippen LogP contribution in [0.5, 0.6) is 5.75 Å². The summed E-state index contributed by atoms with van der Waals surface area (Å²) < 4.78 is 5.14. The second-order valence-corrected chi connectivity index (χ2v) is 2.42. The molecule has 1 aromatic rings. The minimum Gasteiger partial charge on any atom is -0.496 e. The lowest BCUT2D eigenvalue weighted by atomic mass is 9.93. The van der Waals surface area contributed by atoms with Crippen molar-refractivity contribution < 1.29 is 4.74 Å². The van der Waals surface area contributed by atoms with Crippen LogP contribution in [0.25, 0.3) is 0 Å². The maximum Gasteiger partial charge on any atom is 0.121 e. The Bertz CT molecular complexity index is 245. The number of aryl methyl sites for hydroxylation is 1. The Hall–Kier alpha value is -0.915. The highest BCUT2D eigenvalue weighted by Crippen LogP contribution is 2.15. The van der Waals surface area contributed by atoms with Crippen molar-refractivity contribution in [2.24, 2.45) is 0 Å². The van der Waals surface area contributed by atoms with E-state index in [9.17, 15) is 0 Å². The molecule has 0 spiro atoms. The molecule has 0 aliphatic heterocycles. The average molecular weight is 146 g/mol. The molecule has 1 aromatic carbocycles. The maximum absolute atomic E-state index is 5.60. The highest BCUT2D eigenvalue weighted by Gasteiger charge is 1.98. The third-order valence-electron chi connectivity index (χ3n) is 1.69. The van der Waals surface area contributed by atoms with E-state index in [4.69, 9.17) is 12.6 Å². The Morgan fingerprint density at radius 3 is 2.73 bits per heavy atom.